The molecule has 0 unspecified atom stereocenters. The molecule has 0 atom stereocenters. The Morgan fingerprint density at radius 1 is 1.00 bits per heavy atom. The Balaban J connectivity index is 1.53. The van der Waals surface area contributed by atoms with E-state index < -0.39 is 0 Å². The van der Waals surface area contributed by atoms with Gasteiger partial charge in [0.15, 0.2) is 0 Å². The molecule has 25 heavy (non-hydrogen) atoms. The zero-order chi connectivity index (χ0) is 17.5. The van der Waals surface area contributed by atoms with E-state index in [-0.39, 0.29) is 5.91 Å². The summed E-state index contributed by atoms with van der Waals surface area (Å²) in [4.78, 5) is 20.4. The Kier molecular flexibility index (Phi) is 5.59. The minimum atomic E-state index is -0.190. The molecule has 6 heteroatoms. The minimum Gasteiger partial charge on any atom is -0.352 e. The van der Waals surface area contributed by atoms with Crippen molar-refractivity contribution in [3.05, 3.63) is 83.1 Å². The van der Waals surface area contributed by atoms with Gasteiger partial charge in [0.05, 0.1) is 5.56 Å². The average molecular weight is 353 g/mol. The lowest BCUT2D eigenvalue weighted by atomic mass is 10.1. The molecule has 3 rings (SSSR count). The van der Waals surface area contributed by atoms with E-state index in [1.165, 1.54) is 18.0 Å². The SMILES string of the molecule is O=C(NCCc1ccccc1)c1cnc(Nc2cccc(Cl)c2)nc1. The molecule has 126 valence electrons. The van der Waals surface area contributed by atoms with Gasteiger partial charge in [0.2, 0.25) is 5.95 Å². The largest absolute Gasteiger partial charge is 0.352 e. The van der Waals surface area contributed by atoms with Crippen LogP contribution in [0.5, 0.6) is 0 Å². The molecule has 1 heterocycles. The zero-order valence-corrected chi connectivity index (χ0v) is 14.2. The van der Waals surface area contributed by atoms with Gasteiger partial charge in [-0.15, -0.1) is 0 Å². The van der Waals surface area contributed by atoms with Gasteiger partial charge in [-0.25, -0.2) is 9.97 Å². The van der Waals surface area contributed by atoms with Crippen LogP contribution in [0.15, 0.2) is 67.0 Å². The standard InChI is InChI=1S/C19H17ClN4O/c20-16-7-4-8-17(11-16)24-19-22-12-15(13-23-19)18(25)21-10-9-14-5-2-1-3-6-14/h1-8,11-13H,9-10H2,(H,21,25)(H,22,23,24). The molecule has 1 aromatic heterocycles. The zero-order valence-electron chi connectivity index (χ0n) is 13.4. The third-order valence-corrected chi connectivity index (χ3v) is 3.77. The number of aromatic nitrogens is 2. The number of nitrogens with one attached hydrogen (secondary N) is 2. The first-order valence-electron chi connectivity index (χ1n) is 7.87. The fraction of sp³-hybridized carbons (Fsp3) is 0.105. The van der Waals surface area contributed by atoms with Gasteiger partial charge in [-0.1, -0.05) is 48.0 Å². The Morgan fingerprint density at radius 2 is 1.76 bits per heavy atom. The van der Waals surface area contributed by atoms with Crippen molar-refractivity contribution in [1.29, 1.82) is 0 Å². The van der Waals surface area contributed by atoms with E-state index in [2.05, 4.69) is 20.6 Å². The maximum atomic E-state index is 12.1. The van der Waals surface area contributed by atoms with Crippen LogP contribution in [0.1, 0.15) is 15.9 Å². The molecule has 0 bridgehead atoms. The number of hydrogen-bond donors (Lipinski definition) is 2. The van der Waals surface area contributed by atoms with E-state index in [9.17, 15) is 4.79 Å². The number of amides is 1. The Labute approximate surface area is 151 Å². The number of carbonyl (C=O) groups is 1. The van der Waals surface area contributed by atoms with E-state index in [1.54, 1.807) is 12.1 Å². The van der Waals surface area contributed by atoms with Gasteiger partial charge in [-0.2, -0.15) is 0 Å². The van der Waals surface area contributed by atoms with Crippen LogP contribution in [0.3, 0.4) is 0 Å². The van der Waals surface area contributed by atoms with Gasteiger partial charge >= 0.3 is 0 Å². The predicted octanol–water partition coefficient (Wildman–Crippen LogP) is 3.85. The third-order valence-electron chi connectivity index (χ3n) is 3.54. The fourth-order valence-electron chi connectivity index (χ4n) is 2.27. The highest BCUT2D eigenvalue weighted by Crippen LogP contribution is 2.17. The molecule has 2 N–H and O–H groups in total. The second-order valence-corrected chi connectivity index (χ2v) is 5.86. The lowest BCUT2D eigenvalue weighted by molar-refractivity contribution is 0.0953. The highest BCUT2D eigenvalue weighted by Gasteiger charge is 2.07. The van der Waals surface area contributed by atoms with Crippen LogP contribution in [0.4, 0.5) is 11.6 Å². The van der Waals surface area contributed by atoms with Gasteiger partial charge < -0.3 is 10.6 Å². The smallest absolute Gasteiger partial charge is 0.254 e. The molecule has 0 spiro atoms. The summed E-state index contributed by atoms with van der Waals surface area (Å²) in [5, 5.41) is 6.53. The molecule has 0 aliphatic carbocycles. The van der Waals surface area contributed by atoms with Crippen molar-refractivity contribution in [3.8, 4) is 0 Å². The van der Waals surface area contributed by atoms with Crippen LogP contribution < -0.4 is 10.6 Å². The van der Waals surface area contributed by atoms with Crippen molar-refractivity contribution < 1.29 is 4.79 Å². The monoisotopic (exact) mass is 352 g/mol. The quantitative estimate of drug-likeness (QED) is 0.707. The molecule has 0 aliphatic heterocycles. The van der Waals surface area contributed by atoms with Crippen molar-refractivity contribution >= 4 is 29.1 Å². The number of nitrogens with zero attached hydrogens (tertiary/aromatic N) is 2. The van der Waals surface area contributed by atoms with Gasteiger partial charge in [0, 0.05) is 29.6 Å². The van der Waals surface area contributed by atoms with E-state index in [0.717, 1.165) is 12.1 Å². The van der Waals surface area contributed by atoms with E-state index in [1.807, 2.05) is 42.5 Å². The third kappa shape index (κ3) is 5.02. The molecular formula is C19H17ClN4O. The second kappa shape index (κ2) is 8.26. The number of rotatable bonds is 6. The van der Waals surface area contributed by atoms with E-state index in [0.29, 0.717) is 23.1 Å². The molecular weight excluding hydrogens is 336 g/mol. The number of hydrogen-bond acceptors (Lipinski definition) is 4. The molecule has 3 aromatic rings. The lowest BCUT2D eigenvalue weighted by Gasteiger charge is -2.07. The average Bonchev–Trinajstić information content (AvgIpc) is 2.63. The summed E-state index contributed by atoms with van der Waals surface area (Å²) in [5.41, 5.74) is 2.39. The predicted molar refractivity (Wildman–Crippen MR) is 99.2 cm³/mol. The van der Waals surface area contributed by atoms with E-state index in [4.69, 9.17) is 11.6 Å². The van der Waals surface area contributed by atoms with Crippen molar-refractivity contribution in [2.24, 2.45) is 0 Å². The summed E-state index contributed by atoms with van der Waals surface area (Å²) in [6, 6.07) is 17.3. The molecule has 2 aromatic carbocycles. The van der Waals surface area contributed by atoms with Crippen molar-refractivity contribution in [2.45, 2.75) is 6.42 Å². The Morgan fingerprint density at radius 3 is 2.48 bits per heavy atom. The molecule has 0 saturated carbocycles. The first kappa shape index (κ1) is 16.9. The lowest BCUT2D eigenvalue weighted by Crippen LogP contribution is -2.26. The summed E-state index contributed by atoms with van der Waals surface area (Å²) in [5.74, 6) is 0.216. The van der Waals surface area contributed by atoms with Crippen LogP contribution in [0, 0.1) is 0 Å². The van der Waals surface area contributed by atoms with E-state index >= 15 is 0 Å². The van der Waals surface area contributed by atoms with Crippen LogP contribution in [0.25, 0.3) is 0 Å². The fourth-order valence-corrected chi connectivity index (χ4v) is 2.46. The second-order valence-electron chi connectivity index (χ2n) is 5.42. The maximum Gasteiger partial charge on any atom is 0.254 e. The number of benzene rings is 2. The first-order valence-corrected chi connectivity index (χ1v) is 8.25. The molecule has 0 radical (unpaired) electrons. The summed E-state index contributed by atoms with van der Waals surface area (Å²) in [7, 11) is 0. The van der Waals surface area contributed by atoms with Crippen LogP contribution in [-0.2, 0) is 6.42 Å². The summed E-state index contributed by atoms with van der Waals surface area (Å²) < 4.78 is 0. The number of anilines is 2. The summed E-state index contributed by atoms with van der Waals surface area (Å²) in [6.45, 7) is 0.561. The maximum absolute atomic E-state index is 12.1. The minimum absolute atomic E-state index is 0.190. The highest BCUT2D eigenvalue weighted by atomic mass is 35.5. The summed E-state index contributed by atoms with van der Waals surface area (Å²) >= 11 is 5.94. The van der Waals surface area contributed by atoms with Crippen LogP contribution >= 0.6 is 11.6 Å². The first-order chi connectivity index (χ1) is 12.2. The van der Waals surface area contributed by atoms with Gasteiger partial charge in [-0.3, -0.25) is 4.79 Å². The Hall–Kier alpha value is -2.92. The van der Waals surface area contributed by atoms with Crippen molar-refractivity contribution in [1.82, 2.24) is 15.3 Å². The molecule has 1 amide bonds. The molecule has 0 fully saturated rings. The van der Waals surface area contributed by atoms with Gasteiger partial charge in [-0.05, 0) is 30.2 Å². The van der Waals surface area contributed by atoms with Gasteiger partial charge in [0.25, 0.3) is 5.91 Å². The van der Waals surface area contributed by atoms with Crippen LogP contribution in [-0.4, -0.2) is 22.4 Å². The molecule has 0 saturated heterocycles. The number of carbonyl (C=O) groups excluding carboxylic acids is 1. The van der Waals surface area contributed by atoms with Crippen molar-refractivity contribution in [2.75, 3.05) is 11.9 Å². The van der Waals surface area contributed by atoms with Gasteiger partial charge in [0.1, 0.15) is 0 Å². The Bertz CT molecular complexity index is 838. The summed E-state index contributed by atoms with van der Waals surface area (Å²) in [6.07, 6.45) is 3.78. The number of halogens is 1. The normalized spacial score (nSPS) is 10.3. The molecule has 0 aliphatic rings. The highest BCUT2D eigenvalue weighted by molar-refractivity contribution is 6.30. The van der Waals surface area contributed by atoms with Crippen molar-refractivity contribution in [3.63, 3.8) is 0 Å². The molecule has 5 nitrogen and oxygen atoms in total. The topological polar surface area (TPSA) is 66.9 Å². The van der Waals surface area contributed by atoms with Crippen LogP contribution in [0.2, 0.25) is 5.02 Å².